The van der Waals surface area contributed by atoms with E-state index in [-0.39, 0.29) is 11.6 Å². The predicted molar refractivity (Wildman–Crippen MR) is 162 cm³/mol. The Labute approximate surface area is 239 Å². The van der Waals surface area contributed by atoms with E-state index in [1.807, 2.05) is 72.8 Å². The van der Waals surface area contributed by atoms with Gasteiger partial charge in [0, 0.05) is 16.5 Å². The van der Waals surface area contributed by atoms with Gasteiger partial charge in [0.05, 0.1) is 22.8 Å². The van der Waals surface area contributed by atoms with Gasteiger partial charge in [-0.25, -0.2) is 8.78 Å². The zero-order valence-electron chi connectivity index (χ0n) is 22.9. The van der Waals surface area contributed by atoms with Crippen molar-refractivity contribution in [2.75, 3.05) is 0 Å². The van der Waals surface area contributed by atoms with Crippen LogP contribution in [0.5, 0.6) is 0 Å². The summed E-state index contributed by atoms with van der Waals surface area (Å²) in [7, 11) is 0. The van der Waals surface area contributed by atoms with Gasteiger partial charge in [-0.15, -0.1) is 0 Å². The maximum atomic E-state index is 13.4. The molecule has 0 unspecified atom stereocenters. The number of aromatic nitrogens is 2. The molecule has 6 aromatic rings. The van der Waals surface area contributed by atoms with Crippen LogP contribution in [0.3, 0.4) is 0 Å². The lowest BCUT2D eigenvalue weighted by molar-refractivity contribution is 0.597. The molecular formula is C37H28F2N2. The van der Waals surface area contributed by atoms with Gasteiger partial charge in [-0.3, -0.25) is 9.97 Å². The van der Waals surface area contributed by atoms with Crippen LogP contribution in [0, 0.1) is 11.6 Å². The van der Waals surface area contributed by atoms with E-state index in [2.05, 4.69) is 26.0 Å². The first kappa shape index (κ1) is 26.3. The molecule has 0 N–H and O–H groups in total. The van der Waals surface area contributed by atoms with Gasteiger partial charge in [-0.05, 0) is 96.8 Å². The number of halogens is 2. The van der Waals surface area contributed by atoms with Crippen molar-refractivity contribution in [2.45, 2.75) is 19.3 Å². The Bertz CT molecular complexity index is 1690. The first-order valence-electron chi connectivity index (χ1n) is 13.5. The van der Waals surface area contributed by atoms with E-state index in [0.29, 0.717) is 0 Å². The molecule has 0 aliphatic heterocycles. The number of rotatable bonds is 6. The molecule has 0 bridgehead atoms. The largest absolute Gasteiger partial charge is 0.252 e. The molecule has 0 saturated carbocycles. The highest BCUT2D eigenvalue weighted by Gasteiger charge is 2.27. The van der Waals surface area contributed by atoms with Crippen LogP contribution < -0.4 is 0 Å². The molecule has 2 aromatic heterocycles. The van der Waals surface area contributed by atoms with Gasteiger partial charge < -0.3 is 0 Å². The molecule has 0 spiro atoms. The second-order valence-electron chi connectivity index (χ2n) is 10.6. The van der Waals surface area contributed by atoms with Gasteiger partial charge >= 0.3 is 0 Å². The van der Waals surface area contributed by atoms with Crippen molar-refractivity contribution < 1.29 is 8.78 Å². The Balaban J connectivity index is 1.32. The number of nitrogens with zero attached hydrogens (tertiary/aromatic N) is 2. The topological polar surface area (TPSA) is 25.8 Å². The van der Waals surface area contributed by atoms with Gasteiger partial charge in [0.25, 0.3) is 0 Å². The Kier molecular flexibility index (Phi) is 6.98. The molecule has 4 aromatic carbocycles. The molecule has 2 heterocycles. The minimum atomic E-state index is -0.463. The van der Waals surface area contributed by atoms with Crippen molar-refractivity contribution in [3.63, 3.8) is 0 Å². The average molecular weight is 539 g/mol. The molecule has 6 rings (SSSR count). The van der Waals surface area contributed by atoms with Crippen LogP contribution in [0.4, 0.5) is 8.78 Å². The lowest BCUT2D eigenvalue weighted by Gasteiger charge is -2.25. The van der Waals surface area contributed by atoms with Crippen molar-refractivity contribution in [1.82, 2.24) is 9.97 Å². The molecule has 4 heteroatoms. The van der Waals surface area contributed by atoms with E-state index < -0.39 is 5.41 Å². The quantitative estimate of drug-likeness (QED) is 0.211. The molecule has 0 radical (unpaired) electrons. The van der Waals surface area contributed by atoms with Crippen molar-refractivity contribution in [2.24, 2.45) is 0 Å². The third-order valence-electron chi connectivity index (χ3n) is 7.45. The summed E-state index contributed by atoms with van der Waals surface area (Å²) in [6, 6.07) is 41.5. The van der Waals surface area contributed by atoms with E-state index in [4.69, 9.17) is 9.97 Å². The zero-order chi connectivity index (χ0) is 28.4. The lowest BCUT2D eigenvalue weighted by atomic mass is 9.84. The van der Waals surface area contributed by atoms with Crippen molar-refractivity contribution >= 4 is 0 Å². The van der Waals surface area contributed by atoms with Crippen LogP contribution in [0.25, 0.3) is 44.8 Å². The maximum absolute atomic E-state index is 13.4. The van der Waals surface area contributed by atoms with Crippen molar-refractivity contribution in [1.29, 1.82) is 0 Å². The average Bonchev–Trinajstić information content (AvgIpc) is 3.02. The molecule has 0 aliphatic rings. The smallest absolute Gasteiger partial charge is 0.123 e. The summed E-state index contributed by atoms with van der Waals surface area (Å²) >= 11 is 0. The highest BCUT2D eigenvalue weighted by Crippen LogP contribution is 2.33. The summed E-state index contributed by atoms with van der Waals surface area (Å²) in [6.45, 7) is 4.27. The van der Waals surface area contributed by atoms with E-state index >= 15 is 0 Å². The molecule has 0 amide bonds. The first-order valence-corrected chi connectivity index (χ1v) is 13.5. The van der Waals surface area contributed by atoms with Gasteiger partial charge in [0.15, 0.2) is 0 Å². The summed E-state index contributed by atoms with van der Waals surface area (Å²) < 4.78 is 26.9. The molecule has 0 saturated heterocycles. The monoisotopic (exact) mass is 538 g/mol. The van der Waals surface area contributed by atoms with Crippen molar-refractivity contribution in [3.8, 4) is 44.8 Å². The van der Waals surface area contributed by atoms with E-state index in [9.17, 15) is 8.78 Å². The third kappa shape index (κ3) is 5.55. The fourth-order valence-corrected chi connectivity index (χ4v) is 5.02. The standard InChI is InChI=1S/C37H28F2N2/c1-37(2,35-13-5-11-33(40-35)29-9-3-7-27(23-29)25-15-19-31(38)20-16-25)36-14-6-12-34(41-36)30-10-4-8-28(24-30)26-17-21-32(39)22-18-26/h3-24H,1-2H3. The molecule has 200 valence electrons. The summed E-state index contributed by atoms with van der Waals surface area (Å²) in [5.74, 6) is -0.500. The normalized spacial score (nSPS) is 11.4. The molecule has 0 fully saturated rings. The molecule has 41 heavy (non-hydrogen) atoms. The number of hydrogen-bond acceptors (Lipinski definition) is 2. The van der Waals surface area contributed by atoms with E-state index in [1.165, 1.54) is 24.3 Å². The minimum absolute atomic E-state index is 0.250. The Morgan fingerprint density at radius 3 is 1.20 bits per heavy atom. The van der Waals surface area contributed by atoms with Crippen LogP contribution in [0.2, 0.25) is 0 Å². The lowest BCUT2D eigenvalue weighted by Crippen LogP contribution is -2.22. The van der Waals surface area contributed by atoms with Gasteiger partial charge in [-0.2, -0.15) is 0 Å². The van der Waals surface area contributed by atoms with Gasteiger partial charge in [-0.1, -0.05) is 72.8 Å². The summed E-state index contributed by atoms with van der Waals surface area (Å²) in [5.41, 5.74) is 8.98. The summed E-state index contributed by atoms with van der Waals surface area (Å²) in [4.78, 5) is 10.1. The molecule has 0 atom stereocenters. The Morgan fingerprint density at radius 2 is 0.780 bits per heavy atom. The first-order chi connectivity index (χ1) is 19.9. The fourth-order valence-electron chi connectivity index (χ4n) is 5.02. The molecular weight excluding hydrogens is 510 g/mol. The van der Waals surface area contributed by atoms with E-state index in [1.54, 1.807) is 24.3 Å². The highest BCUT2D eigenvalue weighted by molar-refractivity contribution is 5.73. The number of hydrogen-bond donors (Lipinski definition) is 0. The predicted octanol–water partition coefficient (Wildman–Crippen LogP) is 9.75. The van der Waals surface area contributed by atoms with Crippen LogP contribution in [0.1, 0.15) is 25.2 Å². The highest BCUT2D eigenvalue weighted by atomic mass is 19.1. The Morgan fingerprint density at radius 1 is 0.415 bits per heavy atom. The minimum Gasteiger partial charge on any atom is -0.252 e. The number of pyridine rings is 2. The second kappa shape index (κ2) is 10.9. The third-order valence-corrected chi connectivity index (χ3v) is 7.45. The SMILES string of the molecule is CC(C)(c1cccc(-c2cccc(-c3ccc(F)cc3)c2)n1)c1cccc(-c2cccc(-c3ccc(F)cc3)c2)n1. The zero-order valence-corrected chi connectivity index (χ0v) is 22.9. The van der Waals surface area contributed by atoms with Crippen LogP contribution in [-0.4, -0.2) is 9.97 Å². The Hall–Kier alpha value is -4.96. The van der Waals surface area contributed by atoms with Crippen LogP contribution in [-0.2, 0) is 5.41 Å². The second-order valence-corrected chi connectivity index (χ2v) is 10.6. The summed E-state index contributed by atoms with van der Waals surface area (Å²) in [6.07, 6.45) is 0. The maximum Gasteiger partial charge on any atom is 0.123 e. The molecule has 2 nitrogen and oxygen atoms in total. The van der Waals surface area contributed by atoms with Crippen molar-refractivity contribution in [3.05, 3.63) is 156 Å². The van der Waals surface area contributed by atoms with Crippen LogP contribution in [0.15, 0.2) is 133 Å². The van der Waals surface area contributed by atoms with Gasteiger partial charge in [0.2, 0.25) is 0 Å². The summed E-state index contributed by atoms with van der Waals surface area (Å²) in [5, 5.41) is 0. The molecule has 0 aliphatic carbocycles. The van der Waals surface area contributed by atoms with E-state index in [0.717, 1.165) is 56.2 Å². The van der Waals surface area contributed by atoms with Gasteiger partial charge in [0.1, 0.15) is 11.6 Å². The fraction of sp³-hybridized carbons (Fsp3) is 0.0811. The number of benzene rings is 4. The van der Waals surface area contributed by atoms with Crippen LogP contribution >= 0.6 is 0 Å².